The van der Waals surface area contributed by atoms with Gasteiger partial charge < -0.3 is 10.4 Å². The van der Waals surface area contributed by atoms with Gasteiger partial charge in [0, 0.05) is 12.2 Å². The summed E-state index contributed by atoms with van der Waals surface area (Å²) in [6, 6.07) is 13.6. The Morgan fingerprint density at radius 1 is 1.00 bits per heavy atom. The lowest BCUT2D eigenvalue weighted by Gasteiger charge is -2.10. The summed E-state index contributed by atoms with van der Waals surface area (Å²) < 4.78 is 0. The summed E-state index contributed by atoms with van der Waals surface area (Å²) in [5.41, 5.74) is 4.84. The van der Waals surface area contributed by atoms with E-state index in [9.17, 15) is 5.11 Å². The van der Waals surface area contributed by atoms with Crippen LogP contribution in [0.5, 0.6) is 5.75 Å². The first-order valence-electron chi connectivity index (χ1n) is 5.74. The van der Waals surface area contributed by atoms with Crippen LogP contribution in [0.1, 0.15) is 16.7 Å². The van der Waals surface area contributed by atoms with Crippen LogP contribution >= 0.6 is 0 Å². The van der Waals surface area contributed by atoms with Crippen LogP contribution < -0.4 is 5.32 Å². The molecule has 2 aromatic carbocycles. The first-order valence-corrected chi connectivity index (χ1v) is 5.74. The molecule has 0 bridgehead atoms. The highest BCUT2D eigenvalue weighted by molar-refractivity contribution is 5.52. The molecular weight excluding hydrogens is 210 g/mol. The average Bonchev–Trinajstić information content (AvgIpc) is 2.30. The molecule has 0 amide bonds. The van der Waals surface area contributed by atoms with Crippen molar-refractivity contribution < 1.29 is 5.11 Å². The van der Waals surface area contributed by atoms with Gasteiger partial charge in [-0.25, -0.2) is 0 Å². The molecule has 0 unspecified atom stereocenters. The number of aryl methyl sites for hydroxylation is 2. The molecule has 2 heteroatoms. The normalized spacial score (nSPS) is 10.2. The molecule has 0 spiro atoms. The van der Waals surface area contributed by atoms with E-state index in [-0.39, 0.29) is 0 Å². The smallest absolute Gasteiger partial charge is 0.115 e. The molecule has 0 radical (unpaired) electrons. The van der Waals surface area contributed by atoms with E-state index in [2.05, 4.69) is 37.4 Å². The first-order chi connectivity index (χ1) is 8.15. The van der Waals surface area contributed by atoms with E-state index in [0.29, 0.717) is 5.75 Å². The number of hydrogen-bond acceptors (Lipinski definition) is 2. The van der Waals surface area contributed by atoms with Crippen molar-refractivity contribution in [1.29, 1.82) is 0 Å². The minimum atomic E-state index is 0.306. The second-order valence-electron chi connectivity index (χ2n) is 4.34. The Balaban J connectivity index is 2.04. The summed E-state index contributed by atoms with van der Waals surface area (Å²) in [4.78, 5) is 0. The predicted octanol–water partition coefficient (Wildman–Crippen LogP) is 3.62. The van der Waals surface area contributed by atoms with Gasteiger partial charge >= 0.3 is 0 Å². The minimum Gasteiger partial charge on any atom is -0.508 e. The van der Waals surface area contributed by atoms with E-state index in [1.165, 1.54) is 11.1 Å². The zero-order valence-electron chi connectivity index (χ0n) is 10.2. The number of phenolic OH excluding ortho intramolecular Hbond substituents is 1. The van der Waals surface area contributed by atoms with Gasteiger partial charge in [0.1, 0.15) is 5.75 Å². The van der Waals surface area contributed by atoms with Crippen molar-refractivity contribution in [3.63, 3.8) is 0 Å². The van der Waals surface area contributed by atoms with E-state index in [4.69, 9.17) is 0 Å². The van der Waals surface area contributed by atoms with Crippen LogP contribution in [-0.2, 0) is 6.54 Å². The third kappa shape index (κ3) is 3.00. The molecule has 0 aliphatic carbocycles. The molecule has 0 saturated carbocycles. The SMILES string of the molecule is Cc1ccc(NCc2ccc(O)cc2)c(C)c1. The molecule has 0 aliphatic rings. The maximum Gasteiger partial charge on any atom is 0.115 e. The summed E-state index contributed by atoms with van der Waals surface area (Å²) >= 11 is 0. The Kier molecular flexibility index (Phi) is 3.33. The number of hydrogen-bond donors (Lipinski definition) is 2. The Hall–Kier alpha value is -1.96. The van der Waals surface area contributed by atoms with Crippen molar-refractivity contribution in [2.24, 2.45) is 0 Å². The monoisotopic (exact) mass is 227 g/mol. The highest BCUT2D eigenvalue weighted by Gasteiger charge is 1.98. The van der Waals surface area contributed by atoms with Gasteiger partial charge in [0.15, 0.2) is 0 Å². The summed E-state index contributed by atoms with van der Waals surface area (Å²) in [6.45, 7) is 4.97. The van der Waals surface area contributed by atoms with Crippen LogP contribution in [0.25, 0.3) is 0 Å². The zero-order chi connectivity index (χ0) is 12.3. The second-order valence-corrected chi connectivity index (χ2v) is 4.34. The Morgan fingerprint density at radius 3 is 2.35 bits per heavy atom. The molecule has 2 rings (SSSR count). The minimum absolute atomic E-state index is 0.306. The van der Waals surface area contributed by atoms with Crippen LogP contribution in [0.15, 0.2) is 42.5 Å². The highest BCUT2D eigenvalue weighted by atomic mass is 16.3. The van der Waals surface area contributed by atoms with Gasteiger partial charge in [0.2, 0.25) is 0 Å². The zero-order valence-corrected chi connectivity index (χ0v) is 10.2. The molecule has 2 aromatic rings. The topological polar surface area (TPSA) is 32.3 Å². The van der Waals surface area contributed by atoms with Crippen molar-refractivity contribution >= 4 is 5.69 Å². The number of phenols is 1. The van der Waals surface area contributed by atoms with E-state index in [1.807, 2.05) is 12.1 Å². The van der Waals surface area contributed by atoms with E-state index in [0.717, 1.165) is 17.8 Å². The summed E-state index contributed by atoms with van der Waals surface area (Å²) in [7, 11) is 0. The van der Waals surface area contributed by atoms with Crippen LogP contribution in [0.4, 0.5) is 5.69 Å². The number of benzene rings is 2. The van der Waals surface area contributed by atoms with Gasteiger partial charge in [-0.1, -0.05) is 29.8 Å². The van der Waals surface area contributed by atoms with E-state index < -0.39 is 0 Å². The number of nitrogens with one attached hydrogen (secondary N) is 1. The van der Waals surface area contributed by atoms with Gasteiger partial charge in [0.25, 0.3) is 0 Å². The van der Waals surface area contributed by atoms with Crippen molar-refractivity contribution in [3.8, 4) is 5.75 Å². The van der Waals surface area contributed by atoms with Gasteiger partial charge in [0.05, 0.1) is 0 Å². The standard InChI is InChI=1S/C15H17NO/c1-11-3-8-15(12(2)9-11)16-10-13-4-6-14(17)7-5-13/h3-9,16-17H,10H2,1-2H3. The number of aromatic hydroxyl groups is 1. The van der Waals surface area contributed by atoms with Crippen molar-refractivity contribution in [2.75, 3.05) is 5.32 Å². The molecule has 0 atom stereocenters. The summed E-state index contributed by atoms with van der Waals surface area (Å²) in [6.07, 6.45) is 0. The largest absolute Gasteiger partial charge is 0.508 e. The lowest BCUT2D eigenvalue weighted by Crippen LogP contribution is -2.00. The van der Waals surface area contributed by atoms with E-state index in [1.54, 1.807) is 12.1 Å². The molecule has 0 saturated heterocycles. The third-order valence-electron chi connectivity index (χ3n) is 2.80. The fraction of sp³-hybridized carbons (Fsp3) is 0.200. The summed E-state index contributed by atoms with van der Waals surface area (Å²) in [5, 5.41) is 12.6. The van der Waals surface area contributed by atoms with Gasteiger partial charge in [-0.3, -0.25) is 0 Å². The van der Waals surface area contributed by atoms with Gasteiger partial charge in [-0.05, 0) is 43.2 Å². The highest BCUT2D eigenvalue weighted by Crippen LogP contribution is 2.17. The molecule has 88 valence electrons. The summed E-state index contributed by atoms with van der Waals surface area (Å²) in [5.74, 6) is 0.306. The molecule has 2 nitrogen and oxygen atoms in total. The average molecular weight is 227 g/mol. The fourth-order valence-electron chi connectivity index (χ4n) is 1.82. The van der Waals surface area contributed by atoms with Crippen LogP contribution in [0, 0.1) is 13.8 Å². The number of rotatable bonds is 3. The van der Waals surface area contributed by atoms with Crippen LogP contribution in [0.2, 0.25) is 0 Å². The maximum absolute atomic E-state index is 9.20. The Bertz CT molecular complexity index is 503. The molecule has 2 N–H and O–H groups in total. The Morgan fingerprint density at radius 2 is 1.71 bits per heavy atom. The second kappa shape index (κ2) is 4.91. The molecule has 0 aliphatic heterocycles. The van der Waals surface area contributed by atoms with Gasteiger partial charge in [-0.15, -0.1) is 0 Å². The lowest BCUT2D eigenvalue weighted by molar-refractivity contribution is 0.475. The van der Waals surface area contributed by atoms with Crippen molar-refractivity contribution in [3.05, 3.63) is 59.2 Å². The predicted molar refractivity (Wildman–Crippen MR) is 71.3 cm³/mol. The maximum atomic E-state index is 9.20. The van der Waals surface area contributed by atoms with Crippen LogP contribution in [0.3, 0.4) is 0 Å². The van der Waals surface area contributed by atoms with Crippen LogP contribution in [-0.4, -0.2) is 5.11 Å². The van der Waals surface area contributed by atoms with Gasteiger partial charge in [-0.2, -0.15) is 0 Å². The number of anilines is 1. The van der Waals surface area contributed by atoms with Crippen molar-refractivity contribution in [2.45, 2.75) is 20.4 Å². The quantitative estimate of drug-likeness (QED) is 0.839. The van der Waals surface area contributed by atoms with Crippen molar-refractivity contribution in [1.82, 2.24) is 0 Å². The molecule has 0 fully saturated rings. The van der Waals surface area contributed by atoms with E-state index >= 15 is 0 Å². The third-order valence-corrected chi connectivity index (χ3v) is 2.80. The molecule has 0 aromatic heterocycles. The Labute approximate surface area is 102 Å². The molecule has 17 heavy (non-hydrogen) atoms. The lowest BCUT2D eigenvalue weighted by atomic mass is 10.1. The molecular formula is C15H17NO. The molecule has 0 heterocycles. The fourth-order valence-corrected chi connectivity index (χ4v) is 1.82. The first kappa shape index (κ1) is 11.5.